The highest BCUT2D eigenvalue weighted by molar-refractivity contribution is 7.83. The van der Waals surface area contributed by atoms with Gasteiger partial charge in [-0.05, 0) is 16.7 Å². The number of halogens is 3. The number of benzene rings is 2. The normalized spacial score (nSPS) is 11.1. The molecule has 19 heavy (non-hydrogen) atoms. The first kappa shape index (κ1) is 14.9. The Hall–Kier alpha value is -0.516. The lowest BCUT2D eigenvalue weighted by molar-refractivity contribution is 1.55. The molecule has 0 aliphatic rings. The third-order valence-corrected chi connectivity index (χ3v) is 7.67. The van der Waals surface area contributed by atoms with Gasteiger partial charge >= 0.3 is 5.52 Å². The highest BCUT2D eigenvalue weighted by Crippen LogP contribution is 2.25. The Morgan fingerprint density at radius 1 is 0.789 bits per heavy atom. The molecule has 0 aliphatic carbocycles. The van der Waals surface area contributed by atoms with E-state index in [0.29, 0.717) is 0 Å². The fourth-order valence-corrected chi connectivity index (χ4v) is 4.76. The standard InChI is InChI=1S/C14H11Cl3Si2/c15-19(16,17)18-11-14(12-7-3-1-4-8-12)13-9-5-2-6-10-13/h1-11H. The zero-order chi connectivity index (χ0) is 13.7. The lowest BCUT2D eigenvalue weighted by atomic mass is 10.00. The van der Waals surface area contributed by atoms with E-state index in [0.717, 1.165) is 16.7 Å². The molecule has 0 fully saturated rings. The second-order valence-electron chi connectivity index (χ2n) is 3.93. The van der Waals surface area contributed by atoms with Crippen molar-refractivity contribution in [2.45, 2.75) is 0 Å². The van der Waals surface area contributed by atoms with Gasteiger partial charge in [-0.2, -0.15) is 0 Å². The molecule has 0 aliphatic heterocycles. The van der Waals surface area contributed by atoms with E-state index in [1.165, 1.54) is 0 Å². The second kappa shape index (κ2) is 6.77. The van der Waals surface area contributed by atoms with Gasteiger partial charge in [-0.1, -0.05) is 66.4 Å². The van der Waals surface area contributed by atoms with Crippen LogP contribution < -0.4 is 0 Å². The minimum atomic E-state index is -2.62. The zero-order valence-corrected chi connectivity index (χ0v) is 14.3. The Labute approximate surface area is 130 Å². The van der Waals surface area contributed by atoms with Crippen molar-refractivity contribution in [3.05, 3.63) is 77.5 Å². The summed E-state index contributed by atoms with van der Waals surface area (Å²) in [5.74, 6) is 0. The molecule has 0 saturated carbocycles. The highest BCUT2D eigenvalue weighted by atomic mass is 35.8. The SMILES string of the molecule is Cl[Si](Cl)(Cl)[Si]C=C(c1ccccc1)c1ccccc1. The van der Waals surface area contributed by atoms with Crippen molar-refractivity contribution in [3.8, 4) is 0 Å². The zero-order valence-electron chi connectivity index (χ0n) is 9.98. The minimum absolute atomic E-state index is 0.246. The van der Waals surface area contributed by atoms with Crippen LogP contribution in [0.15, 0.2) is 66.4 Å². The van der Waals surface area contributed by atoms with Gasteiger partial charge in [0.1, 0.15) is 9.04 Å². The van der Waals surface area contributed by atoms with E-state index in [1.54, 1.807) is 0 Å². The summed E-state index contributed by atoms with van der Waals surface area (Å²) in [4.78, 5) is 0. The number of hydrogen-bond donors (Lipinski definition) is 0. The molecular weight excluding hydrogens is 331 g/mol. The van der Waals surface area contributed by atoms with Crippen LogP contribution in [0.2, 0.25) is 0 Å². The fourth-order valence-electron chi connectivity index (χ4n) is 1.72. The van der Waals surface area contributed by atoms with Gasteiger partial charge in [0.2, 0.25) is 0 Å². The third kappa shape index (κ3) is 4.82. The summed E-state index contributed by atoms with van der Waals surface area (Å²) in [7, 11) is 0.246. The minimum Gasteiger partial charge on any atom is -0.130 e. The van der Waals surface area contributed by atoms with Gasteiger partial charge in [0, 0.05) is 0 Å². The van der Waals surface area contributed by atoms with Gasteiger partial charge in [0.25, 0.3) is 0 Å². The molecule has 0 saturated heterocycles. The summed E-state index contributed by atoms with van der Waals surface area (Å²) in [5.41, 5.74) is 2.85. The Bertz CT molecular complexity index is 506. The van der Waals surface area contributed by atoms with Gasteiger partial charge in [-0.3, -0.25) is 0 Å². The predicted molar refractivity (Wildman–Crippen MR) is 89.0 cm³/mol. The molecule has 0 heterocycles. The van der Waals surface area contributed by atoms with Crippen LogP contribution in [0.3, 0.4) is 0 Å². The average Bonchev–Trinajstić information content (AvgIpc) is 2.40. The van der Waals surface area contributed by atoms with Crippen LogP contribution in [0.4, 0.5) is 0 Å². The van der Waals surface area contributed by atoms with E-state index in [9.17, 15) is 0 Å². The smallest absolute Gasteiger partial charge is 0.130 e. The summed E-state index contributed by atoms with van der Waals surface area (Å²) in [6.45, 7) is 0. The maximum absolute atomic E-state index is 5.99. The van der Waals surface area contributed by atoms with Gasteiger partial charge in [0.15, 0.2) is 0 Å². The van der Waals surface area contributed by atoms with E-state index in [-0.39, 0.29) is 9.04 Å². The average molecular weight is 342 g/mol. The molecule has 0 unspecified atom stereocenters. The predicted octanol–water partition coefficient (Wildman–Crippen LogP) is 4.93. The molecule has 0 amide bonds. The summed E-state index contributed by atoms with van der Waals surface area (Å²) in [5, 5.41) is 0. The largest absolute Gasteiger partial charge is 0.324 e. The van der Waals surface area contributed by atoms with E-state index >= 15 is 0 Å². The molecule has 5 heteroatoms. The van der Waals surface area contributed by atoms with Crippen LogP contribution in [0.1, 0.15) is 11.1 Å². The van der Waals surface area contributed by atoms with Crippen LogP contribution in [-0.4, -0.2) is 14.6 Å². The van der Waals surface area contributed by atoms with Gasteiger partial charge in [0.05, 0.1) is 0 Å². The Balaban J connectivity index is 2.40. The Morgan fingerprint density at radius 2 is 1.21 bits per heavy atom. The maximum atomic E-state index is 5.99. The van der Waals surface area contributed by atoms with Gasteiger partial charge in [-0.15, -0.1) is 33.2 Å². The number of rotatable bonds is 4. The maximum Gasteiger partial charge on any atom is 0.324 e. The third-order valence-electron chi connectivity index (χ3n) is 2.55. The van der Waals surface area contributed by atoms with E-state index in [1.807, 2.05) is 36.4 Å². The lowest BCUT2D eigenvalue weighted by Crippen LogP contribution is -2.19. The molecule has 2 radical (unpaired) electrons. The molecule has 0 aromatic heterocycles. The molecule has 2 aromatic carbocycles. The summed E-state index contributed by atoms with van der Waals surface area (Å²) in [6, 6.07) is 20.4. The van der Waals surface area contributed by atoms with Crippen LogP contribution in [-0.2, 0) is 0 Å². The van der Waals surface area contributed by atoms with Crippen LogP contribution >= 0.6 is 33.2 Å². The molecule has 0 bridgehead atoms. The summed E-state index contributed by atoms with van der Waals surface area (Å²) >= 11 is 18.0. The fraction of sp³-hybridized carbons (Fsp3) is 0. The number of hydrogen-bond acceptors (Lipinski definition) is 0. The van der Waals surface area contributed by atoms with Crippen LogP contribution in [0, 0.1) is 0 Å². The summed E-state index contributed by atoms with van der Waals surface area (Å²) in [6.07, 6.45) is 0. The second-order valence-corrected chi connectivity index (χ2v) is 18.3. The first-order valence-electron chi connectivity index (χ1n) is 5.72. The molecule has 0 N–H and O–H groups in total. The van der Waals surface area contributed by atoms with E-state index in [2.05, 4.69) is 30.0 Å². The lowest BCUT2D eigenvalue weighted by Gasteiger charge is -2.10. The van der Waals surface area contributed by atoms with Crippen molar-refractivity contribution in [1.29, 1.82) is 0 Å². The first-order valence-corrected chi connectivity index (χ1v) is 12.8. The van der Waals surface area contributed by atoms with Crippen molar-refractivity contribution in [3.63, 3.8) is 0 Å². The molecule has 0 spiro atoms. The van der Waals surface area contributed by atoms with Crippen molar-refractivity contribution in [2.75, 3.05) is 0 Å². The molecular formula is C14H11Cl3Si2. The van der Waals surface area contributed by atoms with Crippen LogP contribution in [0.25, 0.3) is 5.57 Å². The summed E-state index contributed by atoms with van der Waals surface area (Å²) < 4.78 is 0. The topological polar surface area (TPSA) is 0 Å². The van der Waals surface area contributed by atoms with E-state index in [4.69, 9.17) is 33.2 Å². The monoisotopic (exact) mass is 340 g/mol. The molecule has 0 nitrogen and oxygen atoms in total. The molecule has 2 rings (SSSR count). The highest BCUT2D eigenvalue weighted by Gasteiger charge is 2.24. The van der Waals surface area contributed by atoms with Crippen molar-refractivity contribution in [2.24, 2.45) is 0 Å². The van der Waals surface area contributed by atoms with Crippen molar-refractivity contribution >= 4 is 53.4 Å². The Kier molecular flexibility index (Phi) is 5.31. The van der Waals surface area contributed by atoms with Crippen molar-refractivity contribution < 1.29 is 0 Å². The van der Waals surface area contributed by atoms with E-state index < -0.39 is 5.52 Å². The Morgan fingerprint density at radius 3 is 1.58 bits per heavy atom. The molecule has 96 valence electrons. The van der Waals surface area contributed by atoms with Gasteiger partial charge < -0.3 is 0 Å². The van der Waals surface area contributed by atoms with Crippen LogP contribution in [0.5, 0.6) is 0 Å². The molecule has 2 aromatic rings. The first-order chi connectivity index (χ1) is 9.06. The van der Waals surface area contributed by atoms with Gasteiger partial charge in [-0.25, -0.2) is 0 Å². The molecule has 0 atom stereocenters. The van der Waals surface area contributed by atoms with Crippen molar-refractivity contribution in [1.82, 2.24) is 0 Å². The quantitative estimate of drug-likeness (QED) is 0.546.